The van der Waals surface area contributed by atoms with Gasteiger partial charge in [-0.15, -0.1) is 12.4 Å². The highest BCUT2D eigenvalue weighted by Gasteiger charge is 2.13. The second-order valence-electron chi connectivity index (χ2n) is 5.97. The molecule has 0 unspecified atom stereocenters. The van der Waals surface area contributed by atoms with Gasteiger partial charge in [0.2, 0.25) is 0 Å². The van der Waals surface area contributed by atoms with E-state index in [-0.39, 0.29) is 12.4 Å². The van der Waals surface area contributed by atoms with Gasteiger partial charge in [-0.3, -0.25) is 0 Å². The lowest BCUT2D eigenvalue weighted by Gasteiger charge is -2.15. The van der Waals surface area contributed by atoms with Crippen LogP contribution in [0.1, 0.15) is 11.1 Å². The minimum atomic E-state index is 0. The van der Waals surface area contributed by atoms with Gasteiger partial charge >= 0.3 is 0 Å². The molecular weight excluding hydrogens is 395 g/mol. The van der Waals surface area contributed by atoms with Crippen molar-refractivity contribution in [1.82, 2.24) is 10.2 Å². The van der Waals surface area contributed by atoms with Crippen LogP contribution in [0.15, 0.2) is 36.4 Å². The molecule has 4 nitrogen and oxygen atoms in total. The molecule has 0 saturated heterocycles. The van der Waals surface area contributed by atoms with Crippen LogP contribution in [0, 0.1) is 0 Å². The van der Waals surface area contributed by atoms with E-state index in [1.54, 1.807) is 7.11 Å². The Morgan fingerprint density at radius 3 is 2.46 bits per heavy atom. The largest absolute Gasteiger partial charge is 0.493 e. The fraction of sp³-hybridized carbons (Fsp3) is 0.368. The molecule has 0 aromatic heterocycles. The van der Waals surface area contributed by atoms with E-state index in [1.807, 2.05) is 50.5 Å². The quantitative estimate of drug-likeness (QED) is 0.600. The number of hydrogen-bond acceptors (Lipinski definition) is 4. The molecule has 0 fully saturated rings. The van der Waals surface area contributed by atoms with Gasteiger partial charge in [-0.1, -0.05) is 41.4 Å². The molecule has 0 aliphatic carbocycles. The first-order valence-corrected chi connectivity index (χ1v) is 8.85. The van der Waals surface area contributed by atoms with Crippen LogP contribution in [0.5, 0.6) is 11.5 Å². The third-order valence-corrected chi connectivity index (χ3v) is 4.33. The zero-order chi connectivity index (χ0) is 18.2. The number of ether oxygens (including phenoxy) is 2. The van der Waals surface area contributed by atoms with Crippen molar-refractivity contribution in [2.24, 2.45) is 0 Å². The summed E-state index contributed by atoms with van der Waals surface area (Å²) in [5, 5.41) is 4.57. The highest BCUT2D eigenvalue weighted by Crippen LogP contribution is 2.37. The zero-order valence-corrected chi connectivity index (χ0v) is 17.5. The Morgan fingerprint density at radius 1 is 1.08 bits per heavy atom. The molecule has 144 valence electrons. The lowest BCUT2D eigenvalue weighted by atomic mass is 10.2. The van der Waals surface area contributed by atoms with E-state index in [0.717, 1.165) is 24.2 Å². The molecule has 2 rings (SSSR count). The van der Waals surface area contributed by atoms with Crippen LogP contribution in [-0.4, -0.2) is 39.2 Å². The van der Waals surface area contributed by atoms with E-state index in [1.165, 1.54) is 0 Å². The molecule has 0 aliphatic heterocycles. The maximum absolute atomic E-state index is 6.41. The number of halogens is 3. The SMILES string of the molecule is COc1cc(CNCCN(C)C)cc(Cl)c1OCc1ccccc1Cl.Cl. The van der Waals surface area contributed by atoms with E-state index < -0.39 is 0 Å². The average Bonchev–Trinajstić information content (AvgIpc) is 2.58. The lowest BCUT2D eigenvalue weighted by molar-refractivity contribution is 0.284. The van der Waals surface area contributed by atoms with E-state index in [0.29, 0.717) is 34.7 Å². The van der Waals surface area contributed by atoms with Crippen molar-refractivity contribution in [3.05, 3.63) is 57.6 Å². The van der Waals surface area contributed by atoms with E-state index in [4.69, 9.17) is 32.7 Å². The molecular formula is C19H25Cl3N2O2. The predicted octanol–water partition coefficient (Wildman–Crippen LogP) is 4.65. The van der Waals surface area contributed by atoms with Crippen molar-refractivity contribution in [3.63, 3.8) is 0 Å². The Kier molecular flexibility index (Phi) is 10.1. The standard InChI is InChI=1S/C19H24Cl2N2O2.ClH/c1-23(2)9-8-22-12-14-10-17(21)19(18(11-14)24-3)25-13-15-6-4-5-7-16(15)20;/h4-7,10-11,22H,8-9,12-13H2,1-3H3;1H. The first-order valence-electron chi connectivity index (χ1n) is 8.09. The monoisotopic (exact) mass is 418 g/mol. The van der Waals surface area contributed by atoms with Crippen molar-refractivity contribution >= 4 is 35.6 Å². The van der Waals surface area contributed by atoms with Crippen LogP contribution < -0.4 is 14.8 Å². The molecule has 0 spiro atoms. The summed E-state index contributed by atoms with van der Waals surface area (Å²) >= 11 is 12.6. The normalized spacial score (nSPS) is 10.5. The molecule has 0 aliphatic rings. The second-order valence-corrected chi connectivity index (χ2v) is 6.78. The summed E-state index contributed by atoms with van der Waals surface area (Å²) in [5.74, 6) is 1.14. The van der Waals surface area contributed by atoms with E-state index in [9.17, 15) is 0 Å². The number of hydrogen-bond donors (Lipinski definition) is 1. The molecule has 2 aromatic carbocycles. The third kappa shape index (κ3) is 6.86. The first-order chi connectivity index (χ1) is 12.0. The number of nitrogens with one attached hydrogen (secondary N) is 1. The maximum atomic E-state index is 6.41. The molecule has 0 radical (unpaired) electrons. The zero-order valence-electron chi connectivity index (χ0n) is 15.2. The summed E-state index contributed by atoms with van der Waals surface area (Å²) in [6, 6.07) is 11.4. The topological polar surface area (TPSA) is 33.7 Å². The maximum Gasteiger partial charge on any atom is 0.180 e. The van der Waals surface area contributed by atoms with Gasteiger partial charge in [0.05, 0.1) is 12.1 Å². The predicted molar refractivity (Wildman–Crippen MR) is 111 cm³/mol. The molecule has 26 heavy (non-hydrogen) atoms. The lowest BCUT2D eigenvalue weighted by Crippen LogP contribution is -2.26. The van der Waals surface area contributed by atoms with Crippen LogP contribution in [-0.2, 0) is 13.2 Å². The van der Waals surface area contributed by atoms with Crippen molar-refractivity contribution in [1.29, 1.82) is 0 Å². The number of rotatable bonds is 9. The highest BCUT2D eigenvalue weighted by atomic mass is 35.5. The van der Waals surface area contributed by atoms with Gasteiger partial charge in [0.25, 0.3) is 0 Å². The number of nitrogens with zero attached hydrogens (tertiary/aromatic N) is 1. The van der Waals surface area contributed by atoms with Gasteiger partial charge < -0.3 is 19.7 Å². The van der Waals surface area contributed by atoms with Crippen LogP contribution in [0.2, 0.25) is 10.0 Å². The Hall–Kier alpha value is -1.17. The Bertz CT molecular complexity index is 696. The third-order valence-electron chi connectivity index (χ3n) is 3.68. The summed E-state index contributed by atoms with van der Waals surface area (Å²) in [4.78, 5) is 2.13. The molecule has 0 bridgehead atoms. The minimum absolute atomic E-state index is 0. The van der Waals surface area contributed by atoms with E-state index in [2.05, 4.69) is 10.2 Å². The highest BCUT2D eigenvalue weighted by molar-refractivity contribution is 6.32. The van der Waals surface area contributed by atoms with Crippen molar-refractivity contribution < 1.29 is 9.47 Å². The van der Waals surface area contributed by atoms with Gasteiger partial charge in [-0.05, 0) is 37.9 Å². The van der Waals surface area contributed by atoms with Gasteiger partial charge in [0.15, 0.2) is 11.5 Å². The first kappa shape index (κ1) is 22.9. The van der Waals surface area contributed by atoms with E-state index >= 15 is 0 Å². The van der Waals surface area contributed by atoms with Gasteiger partial charge in [-0.2, -0.15) is 0 Å². The van der Waals surface area contributed by atoms with Crippen LogP contribution >= 0.6 is 35.6 Å². The van der Waals surface area contributed by atoms with Gasteiger partial charge in [0, 0.05) is 30.2 Å². The Balaban J connectivity index is 0.00000338. The summed E-state index contributed by atoms with van der Waals surface area (Å²) in [5.41, 5.74) is 1.95. The van der Waals surface area contributed by atoms with Gasteiger partial charge in [-0.25, -0.2) is 0 Å². The molecule has 0 atom stereocenters. The Morgan fingerprint density at radius 2 is 1.81 bits per heavy atom. The smallest absolute Gasteiger partial charge is 0.180 e. The second kappa shape index (κ2) is 11.5. The summed E-state index contributed by atoms with van der Waals surface area (Å²) < 4.78 is 11.3. The fourth-order valence-corrected chi connectivity index (χ4v) is 2.79. The van der Waals surface area contributed by atoms with Crippen LogP contribution in [0.4, 0.5) is 0 Å². The summed E-state index contributed by atoms with van der Waals surface area (Å²) in [7, 11) is 5.71. The molecule has 1 N–H and O–H groups in total. The molecule has 0 amide bonds. The van der Waals surface area contributed by atoms with Crippen molar-refractivity contribution in [3.8, 4) is 11.5 Å². The van der Waals surface area contributed by atoms with Crippen molar-refractivity contribution in [2.45, 2.75) is 13.2 Å². The summed E-state index contributed by atoms with van der Waals surface area (Å²) in [6.07, 6.45) is 0. The van der Waals surface area contributed by atoms with Crippen molar-refractivity contribution in [2.75, 3.05) is 34.3 Å². The molecule has 0 heterocycles. The number of benzene rings is 2. The average molecular weight is 420 g/mol. The minimum Gasteiger partial charge on any atom is -0.493 e. The number of likely N-dealkylation sites (N-methyl/N-ethyl adjacent to an activating group) is 1. The van der Waals surface area contributed by atoms with Crippen LogP contribution in [0.3, 0.4) is 0 Å². The molecule has 0 saturated carbocycles. The van der Waals surface area contributed by atoms with Gasteiger partial charge in [0.1, 0.15) is 6.61 Å². The Labute approximate surface area is 171 Å². The number of methoxy groups -OCH3 is 1. The summed E-state index contributed by atoms with van der Waals surface area (Å²) in [6.45, 7) is 2.92. The van der Waals surface area contributed by atoms with Crippen LogP contribution in [0.25, 0.3) is 0 Å². The molecule has 2 aromatic rings. The fourth-order valence-electron chi connectivity index (χ4n) is 2.32. The molecule has 7 heteroatoms.